The van der Waals surface area contributed by atoms with Gasteiger partial charge in [-0.2, -0.15) is 0 Å². The van der Waals surface area contributed by atoms with Crippen molar-refractivity contribution in [2.24, 2.45) is 11.3 Å². The van der Waals surface area contributed by atoms with Crippen molar-refractivity contribution >= 4 is 6.09 Å². The summed E-state index contributed by atoms with van der Waals surface area (Å²) in [7, 11) is 1.78. The zero-order chi connectivity index (χ0) is 15.4. The third-order valence-corrected chi connectivity index (χ3v) is 3.24. The fraction of sp³-hybridized carbons (Fsp3) is 0.933. The molecule has 5 nitrogen and oxygen atoms in total. The van der Waals surface area contributed by atoms with E-state index in [1.165, 1.54) is 0 Å². The van der Waals surface area contributed by atoms with Crippen LogP contribution < -0.4 is 5.32 Å². The van der Waals surface area contributed by atoms with E-state index in [0.29, 0.717) is 12.5 Å². The second kappa shape index (κ2) is 6.76. The molecule has 1 aliphatic heterocycles. The van der Waals surface area contributed by atoms with E-state index in [-0.39, 0.29) is 11.5 Å². The summed E-state index contributed by atoms with van der Waals surface area (Å²) in [6.07, 6.45) is -0.260. The molecule has 1 aliphatic rings. The van der Waals surface area contributed by atoms with Gasteiger partial charge in [-0.05, 0) is 33.2 Å². The first-order valence-corrected chi connectivity index (χ1v) is 7.34. The van der Waals surface area contributed by atoms with Crippen LogP contribution in [-0.2, 0) is 9.47 Å². The highest BCUT2D eigenvalue weighted by atomic mass is 16.6. The van der Waals surface area contributed by atoms with Crippen molar-refractivity contribution in [2.75, 3.05) is 39.9 Å². The van der Waals surface area contributed by atoms with Gasteiger partial charge in [-0.15, -0.1) is 0 Å². The van der Waals surface area contributed by atoms with Crippen LogP contribution in [0.1, 0.15) is 34.6 Å². The predicted octanol–water partition coefficient (Wildman–Crippen LogP) is 2.12. The third kappa shape index (κ3) is 6.09. The Morgan fingerprint density at radius 2 is 2.05 bits per heavy atom. The second-order valence-electron chi connectivity index (χ2n) is 7.40. The van der Waals surface area contributed by atoms with Crippen molar-refractivity contribution in [1.82, 2.24) is 10.2 Å². The fourth-order valence-corrected chi connectivity index (χ4v) is 2.12. The van der Waals surface area contributed by atoms with E-state index in [2.05, 4.69) is 19.2 Å². The zero-order valence-corrected chi connectivity index (χ0v) is 13.8. The van der Waals surface area contributed by atoms with Crippen molar-refractivity contribution in [3.05, 3.63) is 0 Å². The summed E-state index contributed by atoms with van der Waals surface area (Å²) in [4.78, 5) is 13.5. The van der Waals surface area contributed by atoms with E-state index >= 15 is 0 Å². The molecule has 1 fully saturated rings. The first-order valence-electron chi connectivity index (χ1n) is 7.34. The number of ether oxygens (including phenoxy) is 2. The van der Waals surface area contributed by atoms with E-state index in [0.717, 1.165) is 26.3 Å². The Morgan fingerprint density at radius 1 is 1.45 bits per heavy atom. The normalized spacial score (nSPS) is 19.1. The molecule has 20 heavy (non-hydrogen) atoms. The molecule has 1 saturated heterocycles. The first kappa shape index (κ1) is 17.2. The van der Waals surface area contributed by atoms with Gasteiger partial charge in [0.1, 0.15) is 5.60 Å². The third-order valence-electron chi connectivity index (χ3n) is 3.24. The number of carbonyl (C=O) groups excluding carboxylic acids is 1. The van der Waals surface area contributed by atoms with Crippen molar-refractivity contribution in [3.63, 3.8) is 0 Å². The van der Waals surface area contributed by atoms with Gasteiger partial charge in [0.15, 0.2) is 0 Å². The van der Waals surface area contributed by atoms with E-state index in [1.54, 1.807) is 11.9 Å². The van der Waals surface area contributed by atoms with Crippen LogP contribution in [0.2, 0.25) is 0 Å². The maximum atomic E-state index is 11.8. The quantitative estimate of drug-likeness (QED) is 0.812. The summed E-state index contributed by atoms with van der Waals surface area (Å²) >= 11 is 0. The molecule has 0 aromatic rings. The molecule has 1 atom stereocenters. The summed E-state index contributed by atoms with van der Waals surface area (Å²) in [5.41, 5.74) is -0.150. The lowest BCUT2D eigenvalue weighted by Crippen LogP contribution is -2.48. The monoisotopic (exact) mass is 286 g/mol. The topological polar surface area (TPSA) is 50.8 Å². The molecular formula is C15H30N2O3. The highest BCUT2D eigenvalue weighted by Gasteiger charge is 2.32. The summed E-state index contributed by atoms with van der Waals surface area (Å²) in [6.45, 7) is 14.2. The summed E-state index contributed by atoms with van der Waals surface area (Å²) < 4.78 is 10.6. The number of amides is 1. The van der Waals surface area contributed by atoms with Crippen LogP contribution >= 0.6 is 0 Å². The second-order valence-corrected chi connectivity index (χ2v) is 7.40. The molecule has 1 N–H and O–H groups in total. The molecule has 0 saturated carbocycles. The summed E-state index contributed by atoms with van der Waals surface area (Å²) in [5, 5.41) is 3.46. The van der Waals surface area contributed by atoms with Gasteiger partial charge in [0.25, 0.3) is 0 Å². The molecule has 1 heterocycles. The molecule has 0 aromatic carbocycles. The number of carbonyl (C=O) groups is 1. The van der Waals surface area contributed by atoms with Gasteiger partial charge in [0.05, 0.1) is 13.2 Å². The van der Waals surface area contributed by atoms with Gasteiger partial charge >= 0.3 is 6.09 Å². The Morgan fingerprint density at radius 3 is 2.50 bits per heavy atom. The molecular weight excluding hydrogens is 256 g/mol. The largest absolute Gasteiger partial charge is 0.444 e. The highest BCUT2D eigenvalue weighted by molar-refractivity contribution is 5.67. The van der Waals surface area contributed by atoms with Crippen LogP contribution in [0.15, 0.2) is 0 Å². The van der Waals surface area contributed by atoms with E-state index in [9.17, 15) is 4.79 Å². The maximum Gasteiger partial charge on any atom is 0.410 e. The van der Waals surface area contributed by atoms with Crippen molar-refractivity contribution in [3.8, 4) is 0 Å². The van der Waals surface area contributed by atoms with Crippen LogP contribution in [0.4, 0.5) is 4.79 Å². The van der Waals surface area contributed by atoms with Crippen LogP contribution in [0.25, 0.3) is 0 Å². The summed E-state index contributed by atoms with van der Waals surface area (Å²) in [6, 6.07) is 0. The predicted molar refractivity (Wildman–Crippen MR) is 79.8 cm³/mol. The Labute approximate surface area is 123 Å². The van der Waals surface area contributed by atoms with E-state index in [4.69, 9.17) is 9.47 Å². The number of nitrogens with zero attached hydrogens (tertiary/aromatic N) is 1. The standard InChI is InChI=1S/C15H30N2O3/c1-12(7-16-9-15(5)10-19-11-15)8-17(6)13(18)20-14(2,3)4/h12,16H,7-11H2,1-6H3. The van der Waals surface area contributed by atoms with Gasteiger partial charge in [-0.3, -0.25) is 0 Å². The molecule has 1 unspecified atom stereocenters. The fourth-order valence-electron chi connectivity index (χ4n) is 2.12. The lowest BCUT2D eigenvalue weighted by molar-refractivity contribution is -0.0992. The SMILES string of the molecule is CC(CNCC1(C)COC1)CN(C)C(=O)OC(C)(C)C. The van der Waals surface area contributed by atoms with Gasteiger partial charge in [0, 0.05) is 25.6 Å². The lowest BCUT2D eigenvalue weighted by Gasteiger charge is -2.38. The molecule has 1 rings (SSSR count). The van der Waals surface area contributed by atoms with E-state index in [1.807, 2.05) is 20.8 Å². The minimum atomic E-state index is -0.439. The zero-order valence-electron chi connectivity index (χ0n) is 13.8. The van der Waals surface area contributed by atoms with Crippen LogP contribution in [0, 0.1) is 11.3 Å². The maximum absolute atomic E-state index is 11.8. The average Bonchev–Trinajstić information content (AvgIpc) is 2.24. The number of nitrogens with one attached hydrogen (secondary N) is 1. The minimum absolute atomic E-state index is 0.260. The Bertz CT molecular complexity index is 322. The number of hydrogen-bond acceptors (Lipinski definition) is 4. The molecule has 0 aliphatic carbocycles. The van der Waals surface area contributed by atoms with Crippen molar-refractivity contribution < 1.29 is 14.3 Å². The Balaban J connectivity index is 2.20. The van der Waals surface area contributed by atoms with Crippen molar-refractivity contribution in [2.45, 2.75) is 40.2 Å². The minimum Gasteiger partial charge on any atom is -0.444 e. The van der Waals surface area contributed by atoms with Gasteiger partial charge in [-0.25, -0.2) is 4.79 Å². The molecule has 118 valence electrons. The molecule has 0 radical (unpaired) electrons. The van der Waals surface area contributed by atoms with Crippen LogP contribution in [-0.4, -0.2) is 56.5 Å². The lowest BCUT2D eigenvalue weighted by atomic mass is 9.88. The molecule has 0 aromatic heterocycles. The first-order chi connectivity index (χ1) is 9.11. The number of rotatable bonds is 6. The average molecular weight is 286 g/mol. The van der Waals surface area contributed by atoms with Gasteiger partial charge in [-0.1, -0.05) is 13.8 Å². The number of hydrogen-bond donors (Lipinski definition) is 1. The van der Waals surface area contributed by atoms with Crippen LogP contribution in [0.5, 0.6) is 0 Å². The molecule has 1 amide bonds. The summed E-state index contributed by atoms with van der Waals surface area (Å²) in [5.74, 6) is 0.386. The van der Waals surface area contributed by atoms with E-state index < -0.39 is 5.60 Å². The molecule has 0 spiro atoms. The highest BCUT2D eigenvalue weighted by Crippen LogP contribution is 2.25. The Kier molecular flexibility index (Phi) is 5.83. The molecule has 0 bridgehead atoms. The molecule has 5 heteroatoms. The van der Waals surface area contributed by atoms with Crippen LogP contribution in [0.3, 0.4) is 0 Å². The van der Waals surface area contributed by atoms with Crippen molar-refractivity contribution in [1.29, 1.82) is 0 Å². The Hall–Kier alpha value is -0.810. The van der Waals surface area contributed by atoms with Gasteiger partial charge < -0.3 is 19.7 Å². The smallest absolute Gasteiger partial charge is 0.410 e. The van der Waals surface area contributed by atoms with Gasteiger partial charge in [0.2, 0.25) is 0 Å².